The van der Waals surface area contributed by atoms with Crippen molar-refractivity contribution in [2.45, 2.75) is 37.6 Å². The minimum Gasteiger partial charge on any atom is -0.457 e. The summed E-state index contributed by atoms with van der Waals surface area (Å²) >= 11 is 0. The third kappa shape index (κ3) is 2.72. The first-order valence-corrected chi connectivity index (χ1v) is 9.80. The molecule has 5 nitrogen and oxygen atoms in total. The Bertz CT molecular complexity index is 824. The molecule has 1 amide bonds. The molecule has 0 bridgehead atoms. The van der Waals surface area contributed by atoms with E-state index in [4.69, 9.17) is 9.47 Å². The van der Waals surface area contributed by atoms with Crippen molar-refractivity contribution in [2.24, 2.45) is 5.41 Å². The first-order chi connectivity index (χ1) is 13.2. The summed E-state index contributed by atoms with van der Waals surface area (Å²) in [4.78, 5) is 19.4. The highest BCUT2D eigenvalue weighted by molar-refractivity contribution is 5.95. The van der Waals surface area contributed by atoms with Crippen molar-refractivity contribution >= 4 is 5.91 Å². The molecular formula is C22H24N2O3. The third-order valence-electron chi connectivity index (χ3n) is 6.72. The maximum Gasteiger partial charge on any atom is 0.254 e. The molecule has 0 radical (unpaired) electrons. The number of pyridine rings is 1. The third-order valence-corrected chi connectivity index (χ3v) is 6.72. The van der Waals surface area contributed by atoms with Crippen LogP contribution in [0.5, 0.6) is 11.5 Å². The lowest BCUT2D eigenvalue weighted by Gasteiger charge is -2.41. The zero-order valence-corrected chi connectivity index (χ0v) is 15.4. The Labute approximate surface area is 159 Å². The van der Waals surface area contributed by atoms with E-state index >= 15 is 0 Å². The van der Waals surface area contributed by atoms with Crippen molar-refractivity contribution in [3.05, 3.63) is 54.4 Å². The van der Waals surface area contributed by atoms with Crippen molar-refractivity contribution in [2.75, 3.05) is 19.8 Å². The zero-order chi connectivity index (χ0) is 18.3. The van der Waals surface area contributed by atoms with Gasteiger partial charge in [-0.25, -0.2) is 0 Å². The fraction of sp³-hybridized carbons (Fsp3) is 0.455. The molecule has 0 unspecified atom stereocenters. The second-order valence-electron chi connectivity index (χ2n) is 7.94. The molecule has 0 atom stereocenters. The van der Waals surface area contributed by atoms with E-state index in [0.717, 1.165) is 68.9 Å². The van der Waals surface area contributed by atoms with E-state index in [9.17, 15) is 4.79 Å². The van der Waals surface area contributed by atoms with Crippen LogP contribution in [0, 0.1) is 5.41 Å². The van der Waals surface area contributed by atoms with Gasteiger partial charge in [0.25, 0.3) is 5.91 Å². The van der Waals surface area contributed by atoms with Crippen LogP contribution in [0.1, 0.15) is 42.5 Å². The number of fused-ring (bicyclic) bond motifs is 1. The average Bonchev–Trinajstić information content (AvgIpc) is 3.47. The van der Waals surface area contributed by atoms with Gasteiger partial charge in [0, 0.05) is 43.3 Å². The van der Waals surface area contributed by atoms with Crippen LogP contribution in [-0.4, -0.2) is 41.1 Å². The van der Waals surface area contributed by atoms with E-state index in [-0.39, 0.29) is 16.9 Å². The van der Waals surface area contributed by atoms with Crippen LogP contribution in [0.3, 0.4) is 0 Å². The van der Waals surface area contributed by atoms with Crippen LogP contribution < -0.4 is 4.74 Å². The summed E-state index contributed by atoms with van der Waals surface area (Å²) in [6.07, 6.45) is 8.98. The highest BCUT2D eigenvalue weighted by Gasteiger charge is 2.66. The quantitative estimate of drug-likeness (QED) is 0.824. The Morgan fingerprint density at radius 2 is 1.59 bits per heavy atom. The van der Waals surface area contributed by atoms with E-state index in [1.54, 1.807) is 12.4 Å². The number of nitrogens with zero attached hydrogens (tertiary/aromatic N) is 2. The number of hydrogen-bond donors (Lipinski definition) is 0. The van der Waals surface area contributed by atoms with Crippen LogP contribution in [-0.2, 0) is 4.74 Å². The smallest absolute Gasteiger partial charge is 0.254 e. The fourth-order valence-corrected chi connectivity index (χ4v) is 5.11. The first kappa shape index (κ1) is 16.8. The highest BCUT2D eigenvalue weighted by atomic mass is 16.5. The van der Waals surface area contributed by atoms with Gasteiger partial charge >= 0.3 is 0 Å². The molecule has 140 valence electrons. The number of likely N-dealkylation sites (tertiary alicyclic amines) is 1. The van der Waals surface area contributed by atoms with Gasteiger partial charge in [0.05, 0.1) is 0 Å². The standard InChI is InChI=1S/C22H24N2O3/c25-20(17-1-3-18(4-2-17)27-19-5-12-23-13-6-19)24-14-9-21(22(24)7-8-22)10-15-26-16-11-21/h1-6,12-13H,7-11,14-16H2. The van der Waals surface area contributed by atoms with Crippen molar-refractivity contribution in [1.82, 2.24) is 9.88 Å². The number of carbonyl (C=O) groups excluding carboxylic acids is 1. The van der Waals surface area contributed by atoms with E-state index in [1.807, 2.05) is 36.4 Å². The molecule has 2 aliphatic heterocycles. The van der Waals surface area contributed by atoms with Gasteiger partial charge in [0.1, 0.15) is 11.5 Å². The second-order valence-corrected chi connectivity index (χ2v) is 7.94. The van der Waals surface area contributed by atoms with Crippen LogP contribution in [0.4, 0.5) is 0 Å². The number of benzene rings is 1. The van der Waals surface area contributed by atoms with Crippen LogP contribution in [0.15, 0.2) is 48.8 Å². The van der Waals surface area contributed by atoms with Gasteiger partial charge in [-0.3, -0.25) is 9.78 Å². The molecule has 2 spiro atoms. The molecule has 0 N–H and O–H groups in total. The molecule has 2 aromatic rings. The van der Waals surface area contributed by atoms with Crippen LogP contribution in [0.2, 0.25) is 0 Å². The minimum absolute atomic E-state index is 0.0834. The molecule has 1 aliphatic carbocycles. The minimum atomic E-state index is 0.0834. The normalized spacial score (nSPS) is 22.1. The molecular weight excluding hydrogens is 340 g/mol. The Hall–Kier alpha value is -2.40. The topological polar surface area (TPSA) is 51.7 Å². The summed E-state index contributed by atoms with van der Waals surface area (Å²) in [5.41, 5.74) is 1.11. The number of amides is 1. The number of aromatic nitrogens is 1. The molecule has 5 heteroatoms. The van der Waals surface area contributed by atoms with E-state index in [1.165, 1.54) is 0 Å². The van der Waals surface area contributed by atoms with E-state index < -0.39 is 0 Å². The molecule has 2 saturated heterocycles. The Balaban J connectivity index is 1.33. The maximum atomic E-state index is 13.2. The Morgan fingerprint density at radius 3 is 2.26 bits per heavy atom. The predicted molar refractivity (Wildman–Crippen MR) is 101 cm³/mol. The summed E-state index contributed by atoms with van der Waals surface area (Å²) in [7, 11) is 0. The predicted octanol–water partition coefficient (Wildman–Crippen LogP) is 4.05. The molecule has 5 rings (SSSR count). The van der Waals surface area contributed by atoms with Crippen molar-refractivity contribution in [3.63, 3.8) is 0 Å². The lowest BCUT2D eigenvalue weighted by atomic mass is 9.72. The number of hydrogen-bond acceptors (Lipinski definition) is 4. The lowest BCUT2D eigenvalue weighted by molar-refractivity contribution is -0.0115. The average molecular weight is 364 g/mol. The van der Waals surface area contributed by atoms with Crippen LogP contribution >= 0.6 is 0 Å². The van der Waals surface area contributed by atoms with Gasteiger partial charge in [-0.05, 0) is 73.9 Å². The van der Waals surface area contributed by atoms with Gasteiger partial charge in [0.15, 0.2) is 0 Å². The van der Waals surface area contributed by atoms with Crippen molar-refractivity contribution in [3.8, 4) is 11.5 Å². The Morgan fingerprint density at radius 1 is 0.926 bits per heavy atom. The number of ether oxygens (including phenoxy) is 2. The highest BCUT2D eigenvalue weighted by Crippen LogP contribution is 2.64. The summed E-state index contributed by atoms with van der Waals surface area (Å²) in [5, 5.41) is 0. The maximum absolute atomic E-state index is 13.2. The molecule has 1 aromatic carbocycles. The molecule has 3 heterocycles. The lowest BCUT2D eigenvalue weighted by Crippen LogP contribution is -2.47. The summed E-state index contributed by atoms with van der Waals surface area (Å²) in [6, 6.07) is 11.1. The first-order valence-electron chi connectivity index (χ1n) is 9.80. The molecule has 1 saturated carbocycles. The summed E-state index contributed by atoms with van der Waals surface area (Å²) in [6.45, 7) is 2.55. The molecule has 27 heavy (non-hydrogen) atoms. The van der Waals surface area contributed by atoms with Gasteiger partial charge < -0.3 is 14.4 Å². The van der Waals surface area contributed by atoms with E-state index in [2.05, 4.69) is 9.88 Å². The second kappa shape index (κ2) is 6.34. The van der Waals surface area contributed by atoms with E-state index in [0.29, 0.717) is 0 Å². The summed E-state index contributed by atoms with van der Waals surface area (Å²) in [5.74, 6) is 1.62. The van der Waals surface area contributed by atoms with Gasteiger partial charge in [-0.2, -0.15) is 0 Å². The monoisotopic (exact) mass is 364 g/mol. The van der Waals surface area contributed by atoms with Gasteiger partial charge in [0.2, 0.25) is 0 Å². The SMILES string of the molecule is O=C(c1ccc(Oc2ccncc2)cc1)N1CCC2(CCOCC2)C12CC2. The largest absolute Gasteiger partial charge is 0.457 e. The van der Waals surface area contributed by atoms with Crippen molar-refractivity contribution in [1.29, 1.82) is 0 Å². The summed E-state index contributed by atoms with van der Waals surface area (Å²) < 4.78 is 11.4. The molecule has 3 aliphatic rings. The van der Waals surface area contributed by atoms with Crippen LogP contribution in [0.25, 0.3) is 0 Å². The van der Waals surface area contributed by atoms with Crippen molar-refractivity contribution < 1.29 is 14.3 Å². The van der Waals surface area contributed by atoms with Gasteiger partial charge in [-0.15, -0.1) is 0 Å². The van der Waals surface area contributed by atoms with Gasteiger partial charge in [-0.1, -0.05) is 0 Å². The fourth-order valence-electron chi connectivity index (χ4n) is 5.11. The molecule has 3 fully saturated rings. The molecule has 1 aromatic heterocycles. The number of rotatable bonds is 3. The Kier molecular flexibility index (Phi) is 3.93. The number of carbonyl (C=O) groups is 1. The zero-order valence-electron chi connectivity index (χ0n) is 15.4.